The molecule has 2 aromatic heterocycles. The van der Waals surface area contributed by atoms with E-state index >= 15 is 0 Å². The highest BCUT2D eigenvalue weighted by molar-refractivity contribution is 5.91. The molecule has 0 radical (unpaired) electrons. The van der Waals surface area contributed by atoms with Gasteiger partial charge in [-0.2, -0.15) is 0 Å². The number of pyridine rings is 1. The summed E-state index contributed by atoms with van der Waals surface area (Å²) >= 11 is 0. The molecule has 3 heterocycles. The summed E-state index contributed by atoms with van der Waals surface area (Å²) in [5.74, 6) is 0.613. The minimum Gasteiger partial charge on any atom is -0.497 e. The summed E-state index contributed by atoms with van der Waals surface area (Å²) in [6.45, 7) is 0.764. The number of fused-ring (bicyclic) bond motifs is 1. The van der Waals surface area contributed by atoms with E-state index in [0.29, 0.717) is 12.8 Å². The summed E-state index contributed by atoms with van der Waals surface area (Å²) in [6, 6.07) is 16.6. The normalized spacial score (nSPS) is 15.8. The molecule has 1 saturated heterocycles. The lowest BCUT2D eigenvalue weighted by molar-refractivity contribution is -0.132. The number of hydrogen-bond acceptors (Lipinski definition) is 3. The number of nitrogens with one attached hydrogen (secondary N) is 1. The number of amides is 1. The van der Waals surface area contributed by atoms with Gasteiger partial charge in [-0.3, -0.25) is 9.78 Å². The summed E-state index contributed by atoms with van der Waals surface area (Å²) in [5, 5.41) is 0.820. The van der Waals surface area contributed by atoms with E-state index in [1.54, 1.807) is 31.6 Å². The second kappa shape index (κ2) is 9.06. The number of ether oxygens (including phenoxy) is 1. The van der Waals surface area contributed by atoms with Crippen molar-refractivity contribution in [2.45, 2.75) is 31.7 Å². The van der Waals surface area contributed by atoms with Crippen LogP contribution in [0.1, 0.15) is 36.4 Å². The second-order valence-corrected chi connectivity index (χ2v) is 8.42. The van der Waals surface area contributed by atoms with E-state index in [1.807, 2.05) is 41.3 Å². The number of H-pyrrole nitrogens is 1. The number of hydrogen-bond donors (Lipinski definition) is 1. The van der Waals surface area contributed by atoms with Gasteiger partial charge >= 0.3 is 0 Å². The first-order chi connectivity index (χ1) is 16.1. The summed E-state index contributed by atoms with van der Waals surface area (Å²) in [6.07, 6.45) is 6.41. The minimum absolute atomic E-state index is 0.0990. The fourth-order valence-corrected chi connectivity index (χ4v) is 4.86. The van der Waals surface area contributed by atoms with Crippen LogP contribution in [0.15, 0.2) is 67.0 Å². The Labute approximate surface area is 192 Å². The molecular weight excluding hydrogens is 417 g/mol. The van der Waals surface area contributed by atoms with E-state index in [1.165, 1.54) is 6.07 Å². The third kappa shape index (κ3) is 4.21. The van der Waals surface area contributed by atoms with Crippen molar-refractivity contribution in [2.75, 3.05) is 13.7 Å². The van der Waals surface area contributed by atoms with E-state index in [0.717, 1.165) is 58.4 Å². The quantitative estimate of drug-likeness (QED) is 0.417. The predicted octanol–water partition coefficient (Wildman–Crippen LogP) is 5.67. The second-order valence-electron chi connectivity index (χ2n) is 8.42. The van der Waals surface area contributed by atoms with Crippen molar-refractivity contribution >= 4 is 16.8 Å². The Morgan fingerprint density at radius 1 is 1.15 bits per heavy atom. The van der Waals surface area contributed by atoms with Crippen LogP contribution in [0.5, 0.6) is 5.75 Å². The van der Waals surface area contributed by atoms with Crippen LogP contribution in [0.4, 0.5) is 4.39 Å². The highest BCUT2D eigenvalue weighted by Gasteiger charge is 2.30. The van der Waals surface area contributed by atoms with Crippen molar-refractivity contribution in [1.82, 2.24) is 14.9 Å². The summed E-state index contributed by atoms with van der Waals surface area (Å²) in [4.78, 5) is 22.8. The van der Waals surface area contributed by atoms with Crippen LogP contribution in [-0.4, -0.2) is 34.4 Å². The number of rotatable bonds is 6. The van der Waals surface area contributed by atoms with Crippen LogP contribution < -0.4 is 4.74 Å². The molecule has 0 unspecified atom stereocenters. The smallest absolute Gasteiger partial charge is 0.223 e. The van der Waals surface area contributed by atoms with Gasteiger partial charge < -0.3 is 14.6 Å². The number of aryl methyl sites for hydroxylation is 1. The highest BCUT2D eigenvalue weighted by atomic mass is 19.1. The van der Waals surface area contributed by atoms with Crippen LogP contribution >= 0.6 is 0 Å². The Bertz CT molecular complexity index is 1270. The maximum absolute atomic E-state index is 14.1. The number of methoxy groups -OCH3 is 1. The number of nitrogens with zero attached hydrogens (tertiary/aromatic N) is 2. The molecule has 5 nitrogen and oxygen atoms in total. The largest absolute Gasteiger partial charge is 0.497 e. The van der Waals surface area contributed by atoms with E-state index in [2.05, 4.69) is 9.97 Å². The Balaban J connectivity index is 1.43. The summed E-state index contributed by atoms with van der Waals surface area (Å²) in [5.41, 5.74) is 4.84. The van der Waals surface area contributed by atoms with Crippen molar-refractivity contribution in [1.29, 1.82) is 0 Å². The zero-order chi connectivity index (χ0) is 22.8. The zero-order valence-electron chi connectivity index (χ0n) is 18.6. The van der Waals surface area contributed by atoms with Gasteiger partial charge in [-0.1, -0.05) is 0 Å². The number of benzene rings is 2. The molecule has 1 aliphatic heterocycles. The third-order valence-electron chi connectivity index (χ3n) is 6.50. The molecular formula is C27H26FN3O2. The monoisotopic (exact) mass is 443 g/mol. The summed E-state index contributed by atoms with van der Waals surface area (Å²) in [7, 11) is 1.63. The Kier molecular flexibility index (Phi) is 5.82. The van der Waals surface area contributed by atoms with Crippen molar-refractivity contribution in [3.8, 4) is 17.0 Å². The van der Waals surface area contributed by atoms with Gasteiger partial charge in [0.1, 0.15) is 11.6 Å². The average Bonchev–Trinajstić information content (AvgIpc) is 3.48. The molecule has 1 fully saturated rings. The molecule has 6 heteroatoms. The van der Waals surface area contributed by atoms with Gasteiger partial charge in [-0.15, -0.1) is 0 Å². The lowest BCUT2D eigenvalue weighted by Crippen LogP contribution is -2.30. The van der Waals surface area contributed by atoms with E-state index in [9.17, 15) is 9.18 Å². The Morgan fingerprint density at radius 2 is 1.94 bits per heavy atom. The number of carbonyl (C=O) groups is 1. The van der Waals surface area contributed by atoms with Crippen molar-refractivity contribution in [3.63, 3.8) is 0 Å². The standard InChI is InChI=1S/C27H26FN3O2/c1-33-21-7-4-19(5-8-21)27-22(23-17-20(28)6-10-24(23)30-27)9-11-26(32)31-16-2-3-25(31)18-12-14-29-15-13-18/h4-8,10,12-15,17,25,30H,2-3,9,11,16H2,1H3/t25-/m1/s1. The molecule has 2 aromatic carbocycles. The maximum atomic E-state index is 14.1. The fourth-order valence-electron chi connectivity index (χ4n) is 4.86. The molecule has 168 valence electrons. The molecule has 4 aromatic rings. The van der Waals surface area contributed by atoms with Crippen LogP contribution in [0.2, 0.25) is 0 Å². The van der Waals surface area contributed by atoms with Gasteiger partial charge in [-0.05, 0) is 90.6 Å². The third-order valence-corrected chi connectivity index (χ3v) is 6.50. The van der Waals surface area contributed by atoms with E-state index in [4.69, 9.17) is 4.74 Å². The van der Waals surface area contributed by atoms with Gasteiger partial charge in [0.25, 0.3) is 0 Å². The molecule has 33 heavy (non-hydrogen) atoms. The first-order valence-corrected chi connectivity index (χ1v) is 11.3. The van der Waals surface area contributed by atoms with Gasteiger partial charge in [0, 0.05) is 42.0 Å². The van der Waals surface area contributed by atoms with Crippen molar-refractivity contribution in [3.05, 3.63) is 83.9 Å². The van der Waals surface area contributed by atoms with Crippen LogP contribution in [-0.2, 0) is 11.2 Å². The maximum Gasteiger partial charge on any atom is 0.223 e. The van der Waals surface area contributed by atoms with E-state index < -0.39 is 0 Å². The number of likely N-dealkylation sites (tertiary alicyclic amines) is 1. The lowest BCUT2D eigenvalue weighted by Gasteiger charge is -2.25. The highest BCUT2D eigenvalue weighted by Crippen LogP contribution is 2.35. The van der Waals surface area contributed by atoms with Crippen molar-refractivity contribution < 1.29 is 13.9 Å². The summed E-state index contributed by atoms with van der Waals surface area (Å²) < 4.78 is 19.4. The van der Waals surface area contributed by atoms with Gasteiger partial charge in [0.15, 0.2) is 0 Å². The molecule has 1 atom stereocenters. The number of aromatic nitrogens is 2. The topological polar surface area (TPSA) is 58.2 Å². The SMILES string of the molecule is COc1ccc(-c2[nH]c3ccc(F)cc3c2CCC(=O)N2CCC[C@@H]2c2ccncc2)cc1. The molecule has 0 aliphatic carbocycles. The zero-order valence-corrected chi connectivity index (χ0v) is 18.6. The number of carbonyl (C=O) groups excluding carboxylic acids is 1. The molecule has 0 spiro atoms. The Morgan fingerprint density at radius 3 is 2.70 bits per heavy atom. The van der Waals surface area contributed by atoms with Gasteiger partial charge in [-0.25, -0.2) is 4.39 Å². The van der Waals surface area contributed by atoms with Gasteiger partial charge in [0.2, 0.25) is 5.91 Å². The van der Waals surface area contributed by atoms with Gasteiger partial charge in [0.05, 0.1) is 13.2 Å². The molecule has 1 amide bonds. The number of halogens is 1. The minimum atomic E-state index is -0.285. The molecule has 1 aliphatic rings. The first kappa shape index (κ1) is 21.2. The molecule has 0 bridgehead atoms. The average molecular weight is 444 g/mol. The van der Waals surface area contributed by atoms with E-state index in [-0.39, 0.29) is 17.8 Å². The van der Waals surface area contributed by atoms with Crippen LogP contribution in [0.3, 0.4) is 0 Å². The van der Waals surface area contributed by atoms with Crippen LogP contribution in [0.25, 0.3) is 22.2 Å². The molecule has 5 rings (SSSR count). The fraction of sp³-hybridized carbons (Fsp3) is 0.259. The molecule has 0 saturated carbocycles. The Hall–Kier alpha value is -3.67. The predicted molar refractivity (Wildman–Crippen MR) is 126 cm³/mol. The van der Waals surface area contributed by atoms with Crippen molar-refractivity contribution in [2.24, 2.45) is 0 Å². The number of aromatic amines is 1. The molecule has 1 N–H and O–H groups in total. The lowest BCUT2D eigenvalue weighted by atomic mass is 10.00. The first-order valence-electron chi connectivity index (χ1n) is 11.3. The van der Waals surface area contributed by atoms with Crippen LogP contribution in [0, 0.1) is 5.82 Å².